The normalized spacial score (nSPS) is 14.8. The van der Waals surface area contributed by atoms with E-state index in [-0.39, 0.29) is 16.2 Å². The summed E-state index contributed by atoms with van der Waals surface area (Å²) < 4.78 is 4.86. The maximum absolute atomic E-state index is 12.6. The Labute approximate surface area is 180 Å². The van der Waals surface area contributed by atoms with E-state index in [2.05, 4.69) is 5.32 Å². The molecule has 0 saturated carbocycles. The molecule has 160 valence electrons. The first-order valence-electron chi connectivity index (χ1n) is 8.85. The molecule has 0 radical (unpaired) electrons. The van der Waals surface area contributed by atoms with Crippen LogP contribution in [0.4, 0.5) is 16.2 Å². The number of carbonyl (C=O) groups excluding carboxylic acids is 3. The number of hydrogen-bond acceptors (Lipinski definition) is 8. The molecule has 0 aliphatic carbocycles. The highest BCUT2D eigenvalue weighted by molar-refractivity contribution is 8.18. The average molecular weight is 442 g/mol. The summed E-state index contributed by atoms with van der Waals surface area (Å²) in [5.74, 6) is -2.44. The van der Waals surface area contributed by atoms with Crippen LogP contribution in [0.15, 0.2) is 41.3 Å². The van der Waals surface area contributed by atoms with Crippen molar-refractivity contribution in [2.45, 2.75) is 6.92 Å². The first-order valence-corrected chi connectivity index (χ1v) is 9.66. The summed E-state index contributed by atoms with van der Waals surface area (Å²) in [5.41, 5.74) is 0.880. The Hall–Kier alpha value is -3.86. The van der Waals surface area contributed by atoms with E-state index in [1.54, 1.807) is 18.2 Å². The van der Waals surface area contributed by atoms with Gasteiger partial charge in [-0.3, -0.25) is 29.4 Å². The van der Waals surface area contributed by atoms with Crippen LogP contribution in [-0.2, 0) is 9.59 Å². The molecule has 2 aromatic carbocycles. The van der Waals surface area contributed by atoms with Gasteiger partial charge in [-0.15, -0.1) is 0 Å². The van der Waals surface area contributed by atoms with Gasteiger partial charge in [0.05, 0.1) is 16.9 Å². The Morgan fingerprint density at radius 2 is 2.03 bits per heavy atom. The molecule has 2 aromatic rings. The molecular weight excluding hydrogens is 426 g/mol. The minimum absolute atomic E-state index is 0.0386. The van der Waals surface area contributed by atoms with Gasteiger partial charge in [-0.1, -0.05) is 12.1 Å². The van der Waals surface area contributed by atoms with Crippen LogP contribution in [0, 0.1) is 17.0 Å². The van der Waals surface area contributed by atoms with Crippen LogP contribution in [0.2, 0.25) is 0 Å². The molecule has 31 heavy (non-hydrogen) atoms. The van der Waals surface area contributed by atoms with E-state index in [4.69, 9.17) is 4.74 Å². The molecule has 0 bridgehead atoms. The number of aryl methyl sites for hydroxylation is 1. The zero-order valence-electron chi connectivity index (χ0n) is 16.4. The maximum atomic E-state index is 12.6. The van der Waals surface area contributed by atoms with E-state index in [9.17, 15) is 29.6 Å². The summed E-state index contributed by atoms with van der Waals surface area (Å²) in [7, 11) is 1.19. The molecule has 3 rings (SSSR count). The van der Waals surface area contributed by atoms with Crippen LogP contribution < -0.4 is 15.2 Å². The fourth-order valence-electron chi connectivity index (χ4n) is 2.83. The molecule has 10 nitrogen and oxygen atoms in total. The molecule has 1 aliphatic heterocycles. The van der Waals surface area contributed by atoms with Gasteiger partial charge in [0.2, 0.25) is 5.91 Å². The van der Waals surface area contributed by atoms with Crippen LogP contribution in [0.1, 0.15) is 11.1 Å². The molecule has 1 heterocycles. The second-order valence-electron chi connectivity index (χ2n) is 6.51. The highest BCUT2D eigenvalue weighted by Crippen LogP contribution is 2.37. The number of thioether (sulfide) groups is 1. The van der Waals surface area contributed by atoms with Crippen molar-refractivity contribution in [3.8, 4) is 11.5 Å². The summed E-state index contributed by atoms with van der Waals surface area (Å²) in [4.78, 5) is 48.1. The van der Waals surface area contributed by atoms with Crippen molar-refractivity contribution in [1.29, 1.82) is 0 Å². The molecule has 1 fully saturated rings. The topological polar surface area (TPSA) is 142 Å². The summed E-state index contributed by atoms with van der Waals surface area (Å²) >= 11 is 0.589. The number of nitro benzene ring substituents is 1. The highest BCUT2D eigenvalue weighted by atomic mass is 32.2. The predicted molar refractivity (Wildman–Crippen MR) is 112 cm³/mol. The number of nitrogens with one attached hydrogen (secondary N) is 1. The standard InChI is InChI=1S/C20H17N3O7S/c1-11-4-3-5-13(6-11)21-17(24)10-22-19(26)16(31-20(22)27)9-12-7-14(23(28)29)18(25)15(8-12)30-2/h3-9,25H,10H2,1-2H3,(H,21,24)/p-1/b16-9+. The lowest BCUT2D eigenvalue weighted by Crippen LogP contribution is -2.36. The van der Waals surface area contributed by atoms with E-state index in [1.165, 1.54) is 19.3 Å². The first-order chi connectivity index (χ1) is 14.7. The van der Waals surface area contributed by atoms with Gasteiger partial charge in [-0.05, 0) is 54.1 Å². The molecule has 0 atom stereocenters. The molecule has 1 saturated heterocycles. The van der Waals surface area contributed by atoms with E-state index < -0.39 is 40.0 Å². The van der Waals surface area contributed by atoms with Gasteiger partial charge in [0.1, 0.15) is 12.3 Å². The lowest BCUT2D eigenvalue weighted by molar-refractivity contribution is -0.398. The van der Waals surface area contributed by atoms with E-state index in [0.29, 0.717) is 17.4 Å². The van der Waals surface area contributed by atoms with Gasteiger partial charge >= 0.3 is 0 Å². The summed E-state index contributed by atoms with van der Waals surface area (Å²) in [6.07, 6.45) is 1.23. The number of nitrogens with zero attached hydrogens (tertiary/aromatic N) is 2. The molecule has 11 heteroatoms. The monoisotopic (exact) mass is 442 g/mol. The molecular formula is C20H16N3O7S-. The Morgan fingerprint density at radius 3 is 2.68 bits per heavy atom. The zero-order valence-corrected chi connectivity index (χ0v) is 17.2. The number of hydrogen-bond donors (Lipinski definition) is 1. The van der Waals surface area contributed by atoms with Crippen molar-refractivity contribution in [2.75, 3.05) is 19.0 Å². The molecule has 3 amide bonds. The van der Waals surface area contributed by atoms with Gasteiger partial charge < -0.3 is 15.2 Å². The van der Waals surface area contributed by atoms with Crippen molar-refractivity contribution in [1.82, 2.24) is 4.90 Å². The van der Waals surface area contributed by atoms with Gasteiger partial charge in [-0.25, -0.2) is 0 Å². The third-order valence-electron chi connectivity index (χ3n) is 4.25. The van der Waals surface area contributed by atoms with Crippen LogP contribution in [-0.4, -0.2) is 40.5 Å². The highest BCUT2D eigenvalue weighted by Gasteiger charge is 2.36. The third kappa shape index (κ3) is 4.83. The van der Waals surface area contributed by atoms with E-state index in [1.807, 2.05) is 13.0 Å². The Kier molecular flexibility index (Phi) is 6.25. The van der Waals surface area contributed by atoms with Crippen molar-refractivity contribution in [3.05, 3.63) is 62.5 Å². The number of carbonyl (C=O) groups is 3. The maximum Gasteiger partial charge on any atom is 0.294 e. The van der Waals surface area contributed by atoms with E-state index >= 15 is 0 Å². The SMILES string of the molecule is COc1cc(/C=C2/SC(=O)N(CC(=O)Nc3cccc(C)c3)C2=O)cc([N+](=O)[O-])c1[O-]. The van der Waals surface area contributed by atoms with E-state index in [0.717, 1.165) is 16.5 Å². The van der Waals surface area contributed by atoms with Crippen molar-refractivity contribution >= 4 is 46.3 Å². The van der Waals surface area contributed by atoms with Crippen molar-refractivity contribution in [2.24, 2.45) is 0 Å². The molecule has 0 spiro atoms. The lowest BCUT2D eigenvalue weighted by atomic mass is 10.1. The minimum atomic E-state index is -0.898. The fraction of sp³-hybridized carbons (Fsp3) is 0.150. The molecule has 0 aromatic heterocycles. The minimum Gasteiger partial charge on any atom is -0.865 e. The number of nitro groups is 1. The molecule has 1 aliphatic rings. The molecule has 1 N–H and O–H groups in total. The fourth-order valence-corrected chi connectivity index (χ4v) is 3.67. The average Bonchev–Trinajstić information content (AvgIpc) is 2.96. The number of rotatable bonds is 6. The van der Waals surface area contributed by atoms with Gasteiger partial charge in [-0.2, -0.15) is 0 Å². The summed E-state index contributed by atoms with van der Waals surface area (Å²) in [5, 5.41) is 25.0. The quantitative estimate of drug-likeness (QED) is 0.409. The third-order valence-corrected chi connectivity index (χ3v) is 5.16. The van der Waals surface area contributed by atoms with Gasteiger partial charge in [0.15, 0.2) is 0 Å². The number of methoxy groups -OCH3 is 1. The van der Waals surface area contributed by atoms with Crippen molar-refractivity contribution < 1.29 is 29.2 Å². The van der Waals surface area contributed by atoms with Crippen molar-refractivity contribution in [3.63, 3.8) is 0 Å². The summed E-state index contributed by atoms with van der Waals surface area (Å²) in [6, 6.07) is 9.26. The number of imide groups is 1. The van der Waals surface area contributed by atoms with Gasteiger partial charge in [0.25, 0.3) is 16.8 Å². The van der Waals surface area contributed by atoms with Crippen LogP contribution in [0.3, 0.4) is 0 Å². The smallest absolute Gasteiger partial charge is 0.294 e. The summed E-state index contributed by atoms with van der Waals surface area (Å²) in [6.45, 7) is 1.37. The second kappa shape index (κ2) is 8.88. The van der Waals surface area contributed by atoms with Crippen LogP contribution in [0.25, 0.3) is 6.08 Å². The zero-order chi connectivity index (χ0) is 22.7. The number of ether oxygens (including phenoxy) is 1. The lowest BCUT2D eigenvalue weighted by Gasteiger charge is -2.13. The number of anilines is 1. The number of benzene rings is 2. The Morgan fingerprint density at radius 1 is 1.29 bits per heavy atom. The van der Waals surface area contributed by atoms with Crippen LogP contribution >= 0.6 is 11.8 Å². The molecule has 0 unspecified atom stereocenters. The number of amides is 3. The predicted octanol–water partition coefficient (Wildman–Crippen LogP) is 2.66. The Balaban J connectivity index is 1.80. The second-order valence-corrected chi connectivity index (χ2v) is 7.51. The van der Waals surface area contributed by atoms with Crippen LogP contribution in [0.5, 0.6) is 11.5 Å². The Bertz CT molecular complexity index is 1130. The first kappa shape index (κ1) is 21.8. The largest absolute Gasteiger partial charge is 0.865 e. The van der Waals surface area contributed by atoms with Gasteiger partial charge in [0, 0.05) is 17.5 Å².